The smallest absolute Gasteiger partial charge is 0.146 e. The summed E-state index contributed by atoms with van der Waals surface area (Å²) in [6, 6.07) is 0. The van der Waals surface area contributed by atoms with Gasteiger partial charge < -0.3 is 19.3 Å². The summed E-state index contributed by atoms with van der Waals surface area (Å²) in [5, 5.41) is 11.7. The molecule has 4 nitrogen and oxygen atoms in total. The maximum atomic E-state index is 11.7. The topological polar surface area (TPSA) is 47.9 Å². The van der Waals surface area contributed by atoms with Gasteiger partial charge in [-0.3, -0.25) is 0 Å². The van der Waals surface area contributed by atoms with Crippen LogP contribution in [0.3, 0.4) is 0 Å². The number of fused-ring (bicyclic) bond motifs is 4. The summed E-state index contributed by atoms with van der Waals surface area (Å²) in [5.41, 5.74) is 1.30. The average molecular weight is 491 g/mol. The van der Waals surface area contributed by atoms with Gasteiger partial charge in [0, 0.05) is 19.6 Å². The standard InChI is InChI=1S/C31H54O4/c1-18(2)19(3)28(35-17-33-7)27(32)20(4)23-9-10-24-22-15-26(34-8)31-16-21(31)11-14-30(31,6)25(22)12-13-29(23,24)5/h18-28,32H,9-17H2,1-8H3/t19-,20-,21-,22-,23+,24-,25-,26+,27+,28+,29+,30+,31-/m0/s1. The number of rotatable bonds is 9. The van der Waals surface area contributed by atoms with Crippen molar-refractivity contribution in [1.82, 2.24) is 0 Å². The van der Waals surface area contributed by atoms with Crippen LogP contribution in [-0.2, 0) is 14.2 Å². The molecule has 5 aliphatic carbocycles. The lowest BCUT2D eigenvalue weighted by Gasteiger charge is -2.61. The summed E-state index contributed by atoms with van der Waals surface area (Å²) < 4.78 is 17.7. The van der Waals surface area contributed by atoms with E-state index in [9.17, 15) is 5.11 Å². The van der Waals surface area contributed by atoms with Gasteiger partial charge in [0.05, 0.1) is 18.3 Å². The third kappa shape index (κ3) is 3.66. The maximum absolute atomic E-state index is 11.7. The quantitative estimate of drug-likeness (QED) is 0.372. The molecule has 202 valence electrons. The molecular weight excluding hydrogens is 436 g/mol. The molecule has 5 aliphatic rings. The van der Waals surface area contributed by atoms with Gasteiger partial charge in [-0.1, -0.05) is 41.5 Å². The molecule has 0 aromatic carbocycles. The van der Waals surface area contributed by atoms with E-state index in [-0.39, 0.29) is 24.7 Å². The second kappa shape index (κ2) is 9.24. The maximum Gasteiger partial charge on any atom is 0.146 e. The summed E-state index contributed by atoms with van der Waals surface area (Å²) in [6.07, 6.45) is 10.7. The van der Waals surface area contributed by atoms with Crippen molar-refractivity contribution < 1.29 is 19.3 Å². The summed E-state index contributed by atoms with van der Waals surface area (Å²) in [7, 11) is 3.66. The van der Waals surface area contributed by atoms with E-state index in [1.165, 1.54) is 51.4 Å². The lowest BCUT2D eigenvalue weighted by molar-refractivity contribution is -0.173. The zero-order valence-electron chi connectivity index (χ0n) is 23.9. The molecule has 0 heterocycles. The van der Waals surface area contributed by atoms with Crippen LogP contribution < -0.4 is 0 Å². The number of aliphatic hydroxyl groups is 1. The minimum Gasteiger partial charge on any atom is -0.390 e. The second-order valence-electron chi connectivity index (χ2n) is 14.5. The van der Waals surface area contributed by atoms with E-state index in [2.05, 4.69) is 41.5 Å². The van der Waals surface area contributed by atoms with E-state index in [1.54, 1.807) is 7.11 Å². The van der Waals surface area contributed by atoms with Gasteiger partial charge in [-0.25, -0.2) is 0 Å². The van der Waals surface area contributed by atoms with Gasteiger partial charge in [0.25, 0.3) is 0 Å². The van der Waals surface area contributed by atoms with Crippen LogP contribution in [0.5, 0.6) is 0 Å². The van der Waals surface area contributed by atoms with Gasteiger partial charge in [0.1, 0.15) is 6.79 Å². The Morgan fingerprint density at radius 1 is 0.943 bits per heavy atom. The van der Waals surface area contributed by atoms with Gasteiger partial charge in [0.2, 0.25) is 0 Å². The van der Waals surface area contributed by atoms with Crippen molar-refractivity contribution >= 4 is 0 Å². The predicted octanol–water partition coefficient (Wildman–Crippen LogP) is 6.55. The van der Waals surface area contributed by atoms with Crippen molar-refractivity contribution in [2.24, 2.45) is 63.6 Å². The van der Waals surface area contributed by atoms with Crippen LogP contribution >= 0.6 is 0 Å². The lowest BCUT2D eigenvalue weighted by atomic mass is 9.45. The number of methoxy groups -OCH3 is 2. The summed E-state index contributed by atoms with van der Waals surface area (Å²) in [6.45, 7) is 14.5. The van der Waals surface area contributed by atoms with E-state index in [0.717, 1.165) is 23.7 Å². The fourth-order valence-corrected chi connectivity index (χ4v) is 11.1. The summed E-state index contributed by atoms with van der Waals surface area (Å²) in [5.74, 6) is 4.90. The van der Waals surface area contributed by atoms with E-state index >= 15 is 0 Å². The number of aliphatic hydroxyl groups excluding tert-OH is 1. The first-order valence-corrected chi connectivity index (χ1v) is 14.9. The van der Waals surface area contributed by atoms with Crippen molar-refractivity contribution in [3.63, 3.8) is 0 Å². The van der Waals surface area contributed by atoms with Crippen molar-refractivity contribution in [3.8, 4) is 0 Å². The minimum absolute atomic E-state index is 0.180. The molecule has 5 saturated carbocycles. The Labute approximate surface area is 215 Å². The van der Waals surface area contributed by atoms with Crippen LogP contribution in [0.4, 0.5) is 0 Å². The molecule has 0 aromatic rings. The predicted molar refractivity (Wildman–Crippen MR) is 140 cm³/mol. The Hall–Kier alpha value is -0.160. The van der Waals surface area contributed by atoms with E-state index in [4.69, 9.17) is 14.2 Å². The monoisotopic (exact) mass is 490 g/mol. The van der Waals surface area contributed by atoms with Crippen molar-refractivity contribution in [1.29, 1.82) is 0 Å². The van der Waals surface area contributed by atoms with E-state index in [0.29, 0.717) is 34.2 Å². The highest BCUT2D eigenvalue weighted by Gasteiger charge is 2.77. The van der Waals surface area contributed by atoms with Crippen LogP contribution in [0.15, 0.2) is 0 Å². The molecule has 0 bridgehead atoms. The van der Waals surface area contributed by atoms with Gasteiger partial charge in [-0.2, -0.15) is 0 Å². The van der Waals surface area contributed by atoms with E-state index in [1.807, 2.05) is 7.11 Å². The third-order valence-electron chi connectivity index (χ3n) is 13.4. The summed E-state index contributed by atoms with van der Waals surface area (Å²) in [4.78, 5) is 0. The molecule has 0 radical (unpaired) electrons. The molecule has 4 heteroatoms. The number of hydrogen-bond acceptors (Lipinski definition) is 4. The van der Waals surface area contributed by atoms with Crippen LogP contribution in [0.2, 0.25) is 0 Å². The first-order chi connectivity index (χ1) is 16.6. The molecule has 1 N–H and O–H groups in total. The highest BCUT2D eigenvalue weighted by molar-refractivity contribution is 5.26. The zero-order chi connectivity index (χ0) is 25.3. The Morgan fingerprint density at radius 3 is 2.31 bits per heavy atom. The van der Waals surface area contributed by atoms with E-state index < -0.39 is 6.10 Å². The molecule has 0 aromatic heterocycles. The Balaban J connectivity index is 1.37. The second-order valence-corrected chi connectivity index (χ2v) is 14.5. The minimum atomic E-state index is -0.457. The molecular formula is C31H54O4. The molecule has 0 unspecified atom stereocenters. The zero-order valence-corrected chi connectivity index (χ0v) is 23.9. The van der Waals surface area contributed by atoms with Gasteiger partial charge in [-0.15, -0.1) is 0 Å². The molecule has 5 rings (SSSR count). The molecule has 0 aliphatic heterocycles. The fourth-order valence-electron chi connectivity index (χ4n) is 11.1. The number of ether oxygens (including phenoxy) is 3. The molecule has 13 atom stereocenters. The van der Waals surface area contributed by atoms with Gasteiger partial charge >= 0.3 is 0 Å². The fraction of sp³-hybridized carbons (Fsp3) is 1.00. The SMILES string of the molecule is COCO[C@@H]([C@H](O)[C@@H](C)[C@H]1CC[C@H]2[C@@H]3C[C@@H](OC)[C@]45C[C@@H]4CC[C@]5(C)[C@H]3CC[C@]12C)[C@@H](C)C(C)C. The van der Waals surface area contributed by atoms with Crippen molar-refractivity contribution in [2.75, 3.05) is 21.0 Å². The van der Waals surface area contributed by atoms with Crippen LogP contribution in [0.25, 0.3) is 0 Å². The molecule has 5 fully saturated rings. The van der Waals surface area contributed by atoms with Crippen molar-refractivity contribution in [2.45, 2.75) is 111 Å². The molecule has 0 saturated heterocycles. The van der Waals surface area contributed by atoms with Gasteiger partial charge in [-0.05, 0) is 110 Å². The molecule has 0 amide bonds. The summed E-state index contributed by atoms with van der Waals surface area (Å²) >= 11 is 0. The first-order valence-electron chi connectivity index (χ1n) is 14.9. The highest BCUT2D eigenvalue weighted by Crippen LogP contribution is 2.82. The average Bonchev–Trinajstić information content (AvgIpc) is 3.34. The Kier molecular flexibility index (Phi) is 6.98. The third-order valence-corrected chi connectivity index (χ3v) is 13.4. The first kappa shape index (κ1) is 26.4. The Bertz CT molecular complexity index is 769. The van der Waals surface area contributed by atoms with Crippen molar-refractivity contribution in [3.05, 3.63) is 0 Å². The largest absolute Gasteiger partial charge is 0.390 e. The van der Waals surface area contributed by atoms with Gasteiger partial charge in [0.15, 0.2) is 0 Å². The molecule has 35 heavy (non-hydrogen) atoms. The number of hydrogen-bond donors (Lipinski definition) is 1. The van der Waals surface area contributed by atoms with Crippen LogP contribution in [0.1, 0.15) is 92.9 Å². The lowest BCUT2D eigenvalue weighted by Crippen LogP contribution is -2.57. The molecule has 1 spiro atoms. The Morgan fingerprint density at radius 2 is 1.69 bits per heavy atom. The normalized spacial score (nSPS) is 49.5. The van der Waals surface area contributed by atoms with Crippen LogP contribution in [-0.4, -0.2) is 44.4 Å². The highest BCUT2D eigenvalue weighted by atomic mass is 16.7. The van der Waals surface area contributed by atoms with Crippen LogP contribution in [0, 0.1) is 63.6 Å².